The van der Waals surface area contributed by atoms with Gasteiger partial charge >= 0.3 is 0 Å². The van der Waals surface area contributed by atoms with Gasteiger partial charge in [0.05, 0.1) is 7.85 Å². The van der Waals surface area contributed by atoms with Crippen LogP contribution in [0.4, 0.5) is 0 Å². The Kier molecular flexibility index (Phi) is 8.02. The summed E-state index contributed by atoms with van der Waals surface area (Å²) in [6.45, 7) is 0. The van der Waals surface area contributed by atoms with E-state index in [1.165, 1.54) is 16.7 Å². The van der Waals surface area contributed by atoms with Crippen LogP contribution in [0.25, 0.3) is 0 Å². The molecule has 28 heavy (non-hydrogen) atoms. The summed E-state index contributed by atoms with van der Waals surface area (Å²) in [6, 6.07) is 26.2. The number of benzene rings is 3. The highest BCUT2D eigenvalue weighted by Crippen LogP contribution is 2.45. The minimum atomic E-state index is -0.230. The lowest BCUT2D eigenvalue weighted by atomic mass is 9.66. The van der Waals surface area contributed by atoms with Gasteiger partial charge in [-0.25, -0.2) is 0 Å². The van der Waals surface area contributed by atoms with E-state index in [-0.39, 0.29) is 5.41 Å². The minimum Gasteiger partial charge on any atom is -0.0887 e. The van der Waals surface area contributed by atoms with Gasteiger partial charge < -0.3 is 0 Å². The number of rotatable bonds is 8. The highest BCUT2D eigenvalue weighted by molar-refractivity contribution is 9.11. The van der Waals surface area contributed by atoms with E-state index in [9.17, 15) is 0 Å². The van der Waals surface area contributed by atoms with E-state index < -0.39 is 0 Å². The number of hydrogen-bond donors (Lipinski definition) is 0. The average Bonchev–Trinajstić information content (AvgIpc) is 2.68. The van der Waals surface area contributed by atoms with Gasteiger partial charge in [-0.3, -0.25) is 0 Å². The Morgan fingerprint density at radius 1 is 0.607 bits per heavy atom. The second kappa shape index (κ2) is 10.3. The number of unbranched alkanes of at least 4 members (excludes halogenated alkanes) is 2. The van der Waals surface area contributed by atoms with Crippen LogP contribution < -0.4 is 0 Å². The first-order chi connectivity index (χ1) is 13.6. The third-order valence-electron chi connectivity index (χ3n) is 5.21. The van der Waals surface area contributed by atoms with Crippen LogP contribution in [-0.4, -0.2) is 7.85 Å². The molecule has 0 unspecified atom stereocenters. The first-order valence-corrected chi connectivity index (χ1v) is 11.9. The van der Waals surface area contributed by atoms with Gasteiger partial charge in [-0.2, -0.15) is 0 Å². The van der Waals surface area contributed by atoms with Gasteiger partial charge in [-0.05, 0) is 59.5 Å². The fourth-order valence-corrected chi connectivity index (χ4v) is 5.10. The zero-order chi connectivity index (χ0) is 20.0. The Labute approximate surface area is 194 Å². The summed E-state index contributed by atoms with van der Waals surface area (Å²) < 4.78 is 3.30. The van der Waals surface area contributed by atoms with Crippen LogP contribution in [0.5, 0.6) is 0 Å². The molecule has 142 valence electrons. The largest absolute Gasteiger partial charge is 0.0887 e. The summed E-state index contributed by atoms with van der Waals surface area (Å²) in [4.78, 5) is 0. The maximum absolute atomic E-state index is 5.75. The number of halogens is 3. The Bertz CT molecular complexity index is 812. The van der Waals surface area contributed by atoms with Crippen molar-refractivity contribution in [3.63, 3.8) is 0 Å². The summed E-state index contributed by atoms with van der Waals surface area (Å²) in [5.74, 6) is 0. The van der Waals surface area contributed by atoms with Crippen molar-refractivity contribution in [3.05, 3.63) is 103 Å². The predicted octanol–water partition coefficient (Wildman–Crippen LogP) is 8.46. The Morgan fingerprint density at radius 2 is 1.04 bits per heavy atom. The van der Waals surface area contributed by atoms with Gasteiger partial charge in [-0.15, -0.1) is 0 Å². The van der Waals surface area contributed by atoms with E-state index >= 15 is 0 Å². The molecule has 0 aliphatic rings. The molecular weight excluding hydrogens is 539 g/mol. The molecule has 4 heteroatoms. The zero-order valence-corrected chi connectivity index (χ0v) is 20.4. The fraction of sp³-hybridized carbons (Fsp3) is 0.250. The topological polar surface area (TPSA) is 0 Å². The third-order valence-corrected chi connectivity index (χ3v) is 6.69. The molecule has 0 saturated carbocycles. The first kappa shape index (κ1) is 21.9. The van der Waals surface area contributed by atoms with Crippen molar-refractivity contribution in [1.82, 2.24) is 0 Å². The Balaban J connectivity index is 2.24. The lowest BCUT2D eigenvalue weighted by molar-refractivity contribution is 0.514. The summed E-state index contributed by atoms with van der Waals surface area (Å²) in [5.41, 5.74) is 3.66. The van der Waals surface area contributed by atoms with Crippen LogP contribution in [-0.2, 0) is 5.41 Å². The summed E-state index contributed by atoms with van der Waals surface area (Å²) in [5, 5.41) is 0. The molecule has 0 amide bonds. The average molecular weight is 561 g/mol. The van der Waals surface area contributed by atoms with E-state index in [1.54, 1.807) is 0 Å². The molecule has 0 saturated heterocycles. The van der Waals surface area contributed by atoms with Gasteiger partial charge in [0.1, 0.15) is 0 Å². The van der Waals surface area contributed by atoms with Crippen LogP contribution in [0.1, 0.15) is 42.4 Å². The third kappa shape index (κ3) is 5.01. The number of hydrogen-bond acceptors (Lipinski definition) is 0. The molecule has 0 N–H and O–H groups in total. The van der Waals surface area contributed by atoms with Gasteiger partial charge in [-0.1, -0.05) is 110 Å². The molecule has 0 aliphatic heterocycles. The lowest BCUT2D eigenvalue weighted by Gasteiger charge is -2.37. The monoisotopic (exact) mass is 558 g/mol. The van der Waals surface area contributed by atoms with Crippen molar-refractivity contribution in [3.8, 4) is 0 Å². The van der Waals surface area contributed by atoms with Crippen LogP contribution in [0, 0.1) is 0 Å². The molecule has 2 radical (unpaired) electrons. The Hall–Kier alpha value is -0.835. The van der Waals surface area contributed by atoms with E-state index in [0.717, 1.165) is 45.4 Å². The van der Waals surface area contributed by atoms with E-state index in [2.05, 4.69) is 121 Å². The van der Waals surface area contributed by atoms with E-state index in [0.29, 0.717) is 0 Å². The molecule has 0 aromatic heterocycles. The van der Waals surface area contributed by atoms with Crippen LogP contribution >= 0.6 is 47.8 Å². The van der Waals surface area contributed by atoms with Crippen molar-refractivity contribution in [2.75, 3.05) is 0 Å². The van der Waals surface area contributed by atoms with Gasteiger partial charge in [0.25, 0.3) is 0 Å². The van der Waals surface area contributed by atoms with Gasteiger partial charge in [0.2, 0.25) is 0 Å². The highest BCUT2D eigenvalue weighted by atomic mass is 79.9. The van der Waals surface area contributed by atoms with E-state index in [4.69, 9.17) is 7.85 Å². The van der Waals surface area contributed by atoms with Crippen molar-refractivity contribution < 1.29 is 0 Å². The summed E-state index contributed by atoms with van der Waals surface area (Å²) in [7, 11) is 5.75. The van der Waals surface area contributed by atoms with Crippen LogP contribution in [0.2, 0.25) is 6.32 Å². The fourth-order valence-electron chi connectivity index (χ4n) is 3.91. The first-order valence-electron chi connectivity index (χ1n) is 9.54. The molecule has 0 bridgehead atoms. The molecule has 0 aliphatic carbocycles. The van der Waals surface area contributed by atoms with Crippen LogP contribution in [0.3, 0.4) is 0 Å². The smallest absolute Gasteiger partial charge is 0.0653 e. The summed E-state index contributed by atoms with van der Waals surface area (Å²) >= 11 is 11.1. The van der Waals surface area contributed by atoms with Crippen molar-refractivity contribution in [2.45, 2.75) is 37.4 Å². The van der Waals surface area contributed by atoms with E-state index in [1.807, 2.05) is 0 Å². The summed E-state index contributed by atoms with van der Waals surface area (Å²) in [6.07, 6.45) is 5.08. The SMILES string of the molecule is [B]CCCCCC(c1cccc(Br)c1)(c1cccc(Br)c1)c1cccc(Br)c1. The van der Waals surface area contributed by atoms with Crippen molar-refractivity contribution >= 4 is 55.6 Å². The van der Waals surface area contributed by atoms with Crippen molar-refractivity contribution in [2.24, 2.45) is 0 Å². The second-order valence-corrected chi connectivity index (χ2v) is 9.78. The molecular formula is C24H22BBr3. The maximum atomic E-state index is 5.75. The van der Waals surface area contributed by atoms with Crippen LogP contribution in [0.15, 0.2) is 86.2 Å². The molecule has 3 rings (SSSR count). The van der Waals surface area contributed by atoms with Gasteiger partial charge in [0.15, 0.2) is 0 Å². The molecule has 3 aromatic carbocycles. The zero-order valence-electron chi connectivity index (χ0n) is 15.7. The van der Waals surface area contributed by atoms with Crippen molar-refractivity contribution in [1.29, 1.82) is 0 Å². The quantitative estimate of drug-likeness (QED) is 0.147. The second-order valence-electron chi connectivity index (χ2n) is 7.04. The molecule has 0 atom stereocenters. The highest BCUT2D eigenvalue weighted by Gasteiger charge is 2.36. The normalized spacial score (nSPS) is 11.5. The minimum absolute atomic E-state index is 0.230. The molecule has 3 aromatic rings. The standard InChI is InChI=1S/C24H22BBr3/c25-14-3-1-2-13-24(18-7-4-10-21(26)15-18,19-8-5-11-22(27)16-19)20-9-6-12-23(28)17-20/h4-12,15-17H,1-3,13-14H2. The molecule has 0 spiro atoms. The molecule has 0 fully saturated rings. The predicted molar refractivity (Wildman–Crippen MR) is 131 cm³/mol. The Morgan fingerprint density at radius 3 is 1.39 bits per heavy atom. The maximum Gasteiger partial charge on any atom is 0.0653 e. The lowest BCUT2D eigenvalue weighted by Crippen LogP contribution is -2.29. The molecule has 0 nitrogen and oxygen atoms in total. The molecule has 0 heterocycles. The van der Waals surface area contributed by atoms with Gasteiger partial charge in [0, 0.05) is 18.8 Å².